The third kappa shape index (κ3) is 1.45. The first-order valence-corrected chi connectivity index (χ1v) is 6.06. The zero-order valence-electron chi connectivity index (χ0n) is 10.3. The molecule has 5 heteroatoms. The van der Waals surface area contributed by atoms with Gasteiger partial charge in [0.15, 0.2) is 0 Å². The second kappa shape index (κ2) is 3.65. The molecule has 0 unspecified atom stereocenters. The quantitative estimate of drug-likeness (QED) is 0.545. The molecule has 0 spiro atoms. The first-order chi connectivity index (χ1) is 9.33. The fourth-order valence-corrected chi connectivity index (χ4v) is 2.35. The summed E-state index contributed by atoms with van der Waals surface area (Å²) in [5.41, 5.74) is 4.87. The zero-order chi connectivity index (χ0) is 12.8. The number of fused-ring (bicyclic) bond motifs is 3. The van der Waals surface area contributed by atoms with Crippen molar-refractivity contribution in [1.82, 2.24) is 25.4 Å². The molecule has 4 aromatic rings. The third-order valence-electron chi connectivity index (χ3n) is 3.38. The van der Waals surface area contributed by atoms with Crippen molar-refractivity contribution in [3.05, 3.63) is 42.4 Å². The number of hydrogen-bond donors (Lipinski definition) is 2. The summed E-state index contributed by atoms with van der Waals surface area (Å²) in [6, 6.07) is 8.20. The third-order valence-corrected chi connectivity index (χ3v) is 3.38. The first-order valence-electron chi connectivity index (χ1n) is 6.06. The van der Waals surface area contributed by atoms with E-state index in [-0.39, 0.29) is 0 Å². The minimum Gasteiger partial charge on any atom is -0.282 e. The molecule has 0 aliphatic rings. The maximum Gasteiger partial charge on any atom is 0.0966 e. The van der Waals surface area contributed by atoms with Crippen molar-refractivity contribution in [2.24, 2.45) is 0 Å². The van der Waals surface area contributed by atoms with Gasteiger partial charge < -0.3 is 0 Å². The summed E-state index contributed by atoms with van der Waals surface area (Å²) < 4.78 is 0. The van der Waals surface area contributed by atoms with Crippen LogP contribution in [0.4, 0.5) is 0 Å². The Labute approximate surface area is 108 Å². The summed E-state index contributed by atoms with van der Waals surface area (Å²) >= 11 is 0. The van der Waals surface area contributed by atoms with Gasteiger partial charge in [-0.2, -0.15) is 10.2 Å². The van der Waals surface area contributed by atoms with E-state index in [1.807, 2.05) is 25.3 Å². The highest BCUT2D eigenvalue weighted by molar-refractivity contribution is 6.03. The Hall–Kier alpha value is -2.69. The Balaban J connectivity index is 2.07. The summed E-state index contributed by atoms with van der Waals surface area (Å²) in [6.45, 7) is 1.99. The lowest BCUT2D eigenvalue weighted by Gasteiger charge is -2.03. The Kier molecular flexibility index (Phi) is 1.97. The van der Waals surface area contributed by atoms with Gasteiger partial charge in [0.25, 0.3) is 0 Å². The van der Waals surface area contributed by atoms with Gasteiger partial charge >= 0.3 is 0 Å². The van der Waals surface area contributed by atoms with Gasteiger partial charge in [-0.25, -0.2) is 4.98 Å². The number of hydrogen-bond acceptors (Lipinski definition) is 3. The summed E-state index contributed by atoms with van der Waals surface area (Å²) in [5, 5.41) is 16.2. The van der Waals surface area contributed by atoms with Crippen molar-refractivity contribution in [3.8, 4) is 11.3 Å². The van der Waals surface area contributed by atoms with Crippen LogP contribution in [-0.2, 0) is 0 Å². The fraction of sp³-hybridized carbons (Fsp3) is 0.0714. The second-order valence-electron chi connectivity index (χ2n) is 4.58. The Morgan fingerprint density at radius 3 is 2.53 bits per heavy atom. The van der Waals surface area contributed by atoms with E-state index in [1.165, 1.54) is 0 Å². The van der Waals surface area contributed by atoms with E-state index < -0.39 is 0 Å². The number of aryl methyl sites for hydroxylation is 1. The molecule has 0 radical (unpaired) electrons. The molecule has 0 atom stereocenters. The maximum absolute atomic E-state index is 4.75. The van der Waals surface area contributed by atoms with Crippen LogP contribution in [0.3, 0.4) is 0 Å². The van der Waals surface area contributed by atoms with E-state index in [9.17, 15) is 0 Å². The van der Waals surface area contributed by atoms with Crippen LogP contribution < -0.4 is 0 Å². The smallest absolute Gasteiger partial charge is 0.0966 e. The van der Waals surface area contributed by atoms with E-state index in [4.69, 9.17) is 4.98 Å². The number of benzene rings is 1. The van der Waals surface area contributed by atoms with Crippen LogP contribution in [0.5, 0.6) is 0 Å². The molecule has 4 rings (SSSR count). The van der Waals surface area contributed by atoms with Crippen LogP contribution in [0.2, 0.25) is 0 Å². The molecular formula is C14H11N5. The molecule has 1 aromatic carbocycles. The number of H-pyrrole nitrogens is 2. The largest absolute Gasteiger partial charge is 0.282 e. The molecule has 0 saturated carbocycles. The predicted molar refractivity (Wildman–Crippen MR) is 73.7 cm³/mol. The van der Waals surface area contributed by atoms with Gasteiger partial charge in [-0.3, -0.25) is 10.2 Å². The molecule has 0 fully saturated rings. The Morgan fingerprint density at radius 2 is 1.68 bits per heavy atom. The molecule has 0 amide bonds. The van der Waals surface area contributed by atoms with Crippen molar-refractivity contribution in [2.75, 3.05) is 0 Å². The second-order valence-corrected chi connectivity index (χ2v) is 4.58. The van der Waals surface area contributed by atoms with E-state index in [0.717, 1.165) is 38.8 Å². The number of nitrogens with one attached hydrogen (secondary N) is 2. The molecule has 3 heterocycles. The minimum atomic E-state index is 0.917. The van der Waals surface area contributed by atoms with Crippen LogP contribution in [0, 0.1) is 6.92 Å². The molecule has 0 aliphatic carbocycles. The first kappa shape index (κ1) is 10.3. The molecule has 0 bridgehead atoms. The zero-order valence-corrected chi connectivity index (χ0v) is 10.3. The van der Waals surface area contributed by atoms with E-state index in [2.05, 4.69) is 32.5 Å². The van der Waals surface area contributed by atoms with Crippen LogP contribution in [0.15, 0.2) is 36.7 Å². The summed E-state index contributed by atoms with van der Waals surface area (Å²) in [4.78, 5) is 4.75. The van der Waals surface area contributed by atoms with Crippen molar-refractivity contribution in [2.45, 2.75) is 6.92 Å². The van der Waals surface area contributed by atoms with Crippen molar-refractivity contribution in [1.29, 1.82) is 0 Å². The standard InChI is InChI=1S/C14H11N5/c1-8-11(7-16-18-8)12-5-4-9-2-3-10-6-15-19-14(10)13(9)17-12/h2-7H,1H3,(H,15,19)(H,16,18). The van der Waals surface area contributed by atoms with Gasteiger partial charge in [-0.15, -0.1) is 0 Å². The van der Waals surface area contributed by atoms with Crippen molar-refractivity contribution < 1.29 is 0 Å². The maximum atomic E-state index is 4.75. The lowest BCUT2D eigenvalue weighted by atomic mass is 10.1. The normalized spacial score (nSPS) is 11.4. The minimum absolute atomic E-state index is 0.917. The van der Waals surface area contributed by atoms with Crippen LogP contribution in [-0.4, -0.2) is 25.4 Å². The number of aromatic nitrogens is 5. The van der Waals surface area contributed by atoms with Crippen LogP contribution in [0.25, 0.3) is 33.1 Å². The van der Waals surface area contributed by atoms with Gasteiger partial charge in [0.2, 0.25) is 0 Å². The fourth-order valence-electron chi connectivity index (χ4n) is 2.35. The molecule has 5 nitrogen and oxygen atoms in total. The SMILES string of the molecule is Cc1[nH]ncc1-c1ccc2ccc3cn[nH]c3c2n1. The monoisotopic (exact) mass is 249 g/mol. The average Bonchev–Trinajstić information content (AvgIpc) is 3.06. The summed E-state index contributed by atoms with van der Waals surface area (Å²) in [6.07, 6.45) is 3.61. The predicted octanol–water partition coefficient (Wildman–Crippen LogP) is 2.81. The van der Waals surface area contributed by atoms with Gasteiger partial charge in [-0.05, 0) is 13.0 Å². The highest BCUT2D eigenvalue weighted by Gasteiger charge is 2.09. The Morgan fingerprint density at radius 1 is 0.895 bits per heavy atom. The average molecular weight is 249 g/mol. The van der Waals surface area contributed by atoms with E-state index in [1.54, 1.807) is 6.20 Å². The lowest BCUT2D eigenvalue weighted by molar-refractivity contribution is 1.05. The van der Waals surface area contributed by atoms with Gasteiger partial charge in [0.05, 0.1) is 29.1 Å². The topological polar surface area (TPSA) is 70.2 Å². The van der Waals surface area contributed by atoms with Crippen molar-refractivity contribution >= 4 is 21.8 Å². The van der Waals surface area contributed by atoms with Crippen molar-refractivity contribution in [3.63, 3.8) is 0 Å². The summed E-state index contributed by atoms with van der Waals surface area (Å²) in [7, 11) is 0. The van der Waals surface area contributed by atoms with Crippen LogP contribution in [0.1, 0.15) is 5.69 Å². The highest BCUT2D eigenvalue weighted by atomic mass is 15.1. The molecular weight excluding hydrogens is 238 g/mol. The molecule has 3 aromatic heterocycles. The van der Waals surface area contributed by atoms with Gasteiger partial charge in [-0.1, -0.05) is 18.2 Å². The van der Waals surface area contributed by atoms with Crippen LogP contribution >= 0.6 is 0 Å². The van der Waals surface area contributed by atoms with E-state index in [0.29, 0.717) is 0 Å². The number of nitrogens with zero attached hydrogens (tertiary/aromatic N) is 3. The molecule has 0 saturated heterocycles. The van der Waals surface area contributed by atoms with Gasteiger partial charge in [0.1, 0.15) is 0 Å². The highest BCUT2D eigenvalue weighted by Crippen LogP contribution is 2.26. The summed E-state index contributed by atoms with van der Waals surface area (Å²) in [5.74, 6) is 0. The number of pyridine rings is 1. The Bertz CT molecular complexity index is 887. The van der Waals surface area contributed by atoms with Gasteiger partial charge in [0, 0.05) is 22.0 Å². The number of aromatic amines is 2. The lowest BCUT2D eigenvalue weighted by Crippen LogP contribution is -1.87. The molecule has 92 valence electrons. The molecule has 0 aliphatic heterocycles. The number of rotatable bonds is 1. The molecule has 2 N–H and O–H groups in total. The molecule has 19 heavy (non-hydrogen) atoms. The van der Waals surface area contributed by atoms with E-state index >= 15 is 0 Å².